The molecule has 0 aromatic heterocycles. The highest BCUT2D eigenvalue weighted by Crippen LogP contribution is 2.16. The van der Waals surface area contributed by atoms with Gasteiger partial charge in [0, 0.05) is 18.7 Å². The minimum absolute atomic E-state index is 0. The maximum Gasteiger partial charge on any atom is 0.251 e. The first-order valence-corrected chi connectivity index (χ1v) is 7.71. The lowest BCUT2D eigenvalue weighted by Crippen LogP contribution is -2.30. The van der Waals surface area contributed by atoms with Crippen LogP contribution in [0.15, 0.2) is 29.2 Å². The Morgan fingerprint density at radius 1 is 1.15 bits per heavy atom. The third-order valence-electron chi connectivity index (χ3n) is 2.73. The number of sulfone groups is 1. The van der Waals surface area contributed by atoms with Crippen LogP contribution in [0.2, 0.25) is 0 Å². The number of hydrogen-bond donors (Lipinski definition) is 2. The van der Waals surface area contributed by atoms with Gasteiger partial charge in [0.15, 0.2) is 9.84 Å². The monoisotopic (exact) mass is 320 g/mol. The summed E-state index contributed by atoms with van der Waals surface area (Å²) in [5, 5.41) is 5.18. The number of nitrogens with one attached hydrogen (secondary N) is 2. The summed E-state index contributed by atoms with van der Waals surface area (Å²) in [7, 11) is -1.48. The second-order valence-electron chi connectivity index (χ2n) is 4.48. The number of rotatable bonds is 6. The molecule has 0 aliphatic heterocycles. The molecule has 0 saturated carbocycles. The fourth-order valence-corrected chi connectivity index (χ4v) is 2.53. The molecule has 0 heterocycles. The van der Waals surface area contributed by atoms with E-state index in [2.05, 4.69) is 10.6 Å². The van der Waals surface area contributed by atoms with E-state index in [1.165, 1.54) is 24.3 Å². The fourth-order valence-electron chi connectivity index (χ4n) is 1.47. The molecule has 1 aromatic rings. The third-order valence-corrected chi connectivity index (χ3v) is 4.90. The second kappa shape index (κ2) is 8.24. The number of benzene rings is 1. The van der Waals surface area contributed by atoms with Crippen LogP contribution >= 0.6 is 12.4 Å². The Morgan fingerprint density at radius 3 is 2.15 bits per heavy atom. The van der Waals surface area contributed by atoms with Crippen LogP contribution in [0, 0.1) is 0 Å². The van der Waals surface area contributed by atoms with Crippen molar-refractivity contribution in [2.24, 2.45) is 0 Å². The zero-order valence-corrected chi connectivity index (χ0v) is 13.5. The number of likely N-dealkylation sites (N-methyl/N-ethyl adjacent to an activating group) is 1. The van der Waals surface area contributed by atoms with E-state index in [0.29, 0.717) is 18.7 Å². The fraction of sp³-hybridized carbons (Fsp3) is 0.462. The molecular formula is C13H21ClN2O3S. The largest absolute Gasteiger partial charge is 0.351 e. The van der Waals surface area contributed by atoms with Gasteiger partial charge < -0.3 is 10.6 Å². The number of halogens is 1. The van der Waals surface area contributed by atoms with Crippen molar-refractivity contribution < 1.29 is 13.2 Å². The van der Waals surface area contributed by atoms with Crippen molar-refractivity contribution in [1.29, 1.82) is 0 Å². The Morgan fingerprint density at radius 2 is 1.70 bits per heavy atom. The average Bonchev–Trinajstić information content (AvgIpc) is 2.39. The van der Waals surface area contributed by atoms with E-state index in [0.717, 1.165) is 0 Å². The Balaban J connectivity index is 0.00000361. The number of carbonyl (C=O) groups is 1. The zero-order chi connectivity index (χ0) is 14.5. The summed E-state index contributed by atoms with van der Waals surface area (Å²) in [4.78, 5) is 12.0. The van der Waals surface area contributed by atoms with Gasteiger partial charge in [-0.2, -0.15) is 0 Å². The second-order valence-corrected chi connectivity index (χ2v) is 6.98. The molecule has 2 N–H and O–H groups in total. The van der Waals surface area contributed by atoms with Gasteiger partial charge in [-0.3, -0.25) is 4.79 Å². The number of hydrogen-bond acceptors (Lipinski definition) is 4. The van der Waals surface area contributed by atoms with Crippen LogP contribution in [0.25, 0.3) is 0 Å². The third kappa shape index (κ3) is 4.77. The molecule has 5 nitrogen and oxygen atoms in total. The minimum Gasteiger partial charge on any atom is -0.351 e. The van der Waals surface area contributed by atoms with Gasteiger partial charge in [0.05, 0.1) is 10.1 Å². The molecule has 20 heavy (non-hydrogen) atoms. The Hall–Kier alpha value is -1.11. The van der Waals surface area contributed by atoms with Crippen molar-refractivity contribution in [2.75, 3.05) is 20.1 Å². The molecule has 0 radical (unpaired) electrons. The number of amides is 1. The van der Waals surface area contributed by atoms with E-state index in [1.807, 2.05) is 0 Å². The molecule has 1 rings (SSSR count). The standard InChI is InChI=1S/C13H20N2O3S.ClH/c1-10(2)19(17,18)12-6-4-11(5-7-12)13(16)15-9-8-14-3;/h4-7,10,14H,8-9H2,1-3H3,(H,15,16);1H. The minimum atomic E-state index is -3.28. The summed E-state index contributed by atoms with van der Waals surface area (Å²) in [5.41, 5.74) is 0.457. The van der Waals surface area contributed by atoms with Crippen molar-refractivity contribution >= 4 is 28.2 Å². The Kier molecular flexibility index (Phi) is 7.78. The van der Waals surface area contributed by atoms with E-state index in [1.54, 1.807) is 20.9 Å². The van der Waals surface area contributed by atoms with Gasteiger partial charge in [-0.25, -0.2) is 8.42 Å². The first-order chi connectivity index (χ1) is 8.89. The predicted molar refractivity (Wildman–Crippen MR) is 82.3 cm³/mol. The van der Waals surface area contributed by atoms with Gasteiger partial charge in [-0.05, 0) is 45.2 Å². The summed E-state index contributed by atoms with van der Waals surface area (Å²) >= 11 is 0. The van der Waals surface area contributed by atoms with Crippen LogP contribution in [-0.4, -0.2) is 39.7 Å². The lowest BCUT2D eigenvalue weighted by molar-refractivity contribution is 0.0954. The van der Waals surface area contributed by atoms with Crippen LogP contribution in [0.4, 0.5) is 0 Å². The van der Waals surface area contributed by atoms with Crippen molar-refractivity contribution in [1.82, 2.24) is 10.6 Å². The molecule has 0 aliphatic carbocycles. The molecule has 0 spiro atoms. The highest BCUT2D eigenvalue weighted by molar-refractivity contribution is 7.92. The average molecular weight is 321 g/mol. The van der Waals surface area contributed by atoms with Gasteiger partial charge in [0.1, 0.15) is 0 Å². The molecule has 1 aromatic carbocycles. The van der Waals surface area contributed by atoms with Crippen LogP contribution in [-0.2, 0) is 9.84 Å². The summed E-state index contributed by atoms with van der Waals surface area (Å²) in [6.45, 7) is 4.48. The zero-order valence-electron chi connectivity index (χ0n) is 11.8. The molecular weight excluding hydrogens is 300 g/mol. The van der Waals surface area contributed by atoms with E-state index in [9.17, 15) is 13.2 Å². The SMILES string of the molecule is CNCCNC(=O)c1ccc(S(=O)(=O)C(C)C)cc1.Cl. The lowest BCUT2D eigenvalue weighted by atomic mass is 10.2. The molecule has 0 unspecified atom stereocenters. The Labute approximate surface area is 126 Å². The number of carbonyl (C=O) groups excluding carboxylic acids is 1. The smallest absolute Gasteiger partial charge is 0.251 e. The van der Waals surface area contributed by atoms with Crippen LogP contribution < -0.4 is 10.6 Å². The first-order valence-electron chi connectivity index (χ1n) is 6.16. The quantitative estimate of drug-likeness (QED) is 0.773. The molecule has 0 saturated heterocycles. The van der Waals surface area contributed by atoms with Crippen LogP contribution in [0.5, 0.6) is 0 Å². The van der Waals surface area contributed by atoms with Crippen molar-refractivity contribution in [3.8, 4) is 0 Å². The first kappa shape index (κ1) is 18.9. The van der Waals surface area contributed by atoms with Gasteiger partial charge in [-0.1, -0.05) is 0 Å². The highest BCUT2D eigenvalue weighted by atomic mass is 35.5. The van der Waals surface area contributed by atoms with Crippen molar-refractivity contribution in [2.45, 2.75) is 24.0 Å². The van der Waals surface area contributed by atoms with Gasteiger partial charge in [-0.15, -0.1) is 12.4 Å². The lowest BCUT2D eigenvalue weighted by Gasteiger charge is -2.09. The van der Waals surface area contributed by atoms with Crippen LogP contribution in [0.1, 0.15) is 24.2 Å². The summed E-state index contributed by atoms with van der Waals surface area (Å²) in [6, 6.07) is 6.01. The van der Waals surface area contributed by atoms with Gasteiger partial charge >= 0.3 is 0 Å². The van der Waals surface area contributed by atoms with Crippen LogP contribution in [0.3, 0.4) is 0 Å². The molecule has 0 aliphatic rings. The summed E-state index contributed by atoms with van der Waals surface area (Å²) in [6.07, 6.45) is 0. The Bertz CT molecular complexity index is 527. The van der Waals surface area contributed by atoms with E-state index in [4.69, 9.17) is 0 Å². The van der Waals surface area contributed by atoms with Gasteiger partial charge in [0.25, 0.3) is 5.91 Å². The van der Waals surface area contributed by atoms with E-state index < -0.39 is 15.1 Å². The molecule has 114 valence electrons. The topological polar surface area (TPSA) is 75.3 Å². The van der Waals surface area contributed by atoms with E-state index in [-0.39, 0.29) is 23.2 Å². The molecule has 0 atom stereocenters. The predicted octanol–water partition coefficient (Wildman–Crippen LogP) is 1.24. The maximum atomic E-state index is 11.9. The van der Waals surface area contributed by atoms with Crippen molar-refractivity contribution in [3.05, 3.63) is 29.8 Å². The molecule has 1 amide bonds. The maximum absolute atomic E-state index is 11.9. The molecule has 0 bridgehead atoms. The van der Waals surface area contributed by atoms with Crippen molar-refractivity contribution in [3.63, 3.8) is 0 Å². The summed E-state index contributed by atoms with van der Waals surface area (Å²) < 4.78 is 23.8. The van der Waals surface area contributed by atoms with E-state index >= 15 is 0 Å². The normalized spacial score (nSPS) is 11.0. The van der Waals surface area contributed by atoms with Gasteiger partial charge in [0.2, 0.25) is 0 Å². The molecule has 0 fully saturated rings. The highest BCUT2D eigenvalue weighted by Gasteiger charge is 2.19. The summed E-state index contributed by atoms with van der Waals surface area (Å²) in [5.74, 6) is -0.205. The molecule has 7 heteroatoms.